The summed E-state index contributed by atoms with van der Waals surface area (Å²) < 4.78 is 5.23. The molecule has 6 heteroatoms. The molecular formula is C31H23NO5. The second-order valence-electron chi connectivity index (χ2n) is 8.63. The summed E-state index contributed by atoms with van der Waals surface area (Å²) in [5.41, 5.74) is 4.29. The lowest BCUT2D eigenvalue weighted by atomic mass is 10.0. The molecule has 0 unspecified atom stereocenters. The van der Waals surface area contributed by atoms with E-state index in [1.807, 2.05) is 61.5 Å². The Kier molecular flexibility index (Phi) is 6.47. The molecule has 0 aromatic heterocycles. The van der Waals surface area contributed by atoms with Crippen molar-refractivity contribution in [2.24, 2.45) is 0 Å². The summed E-state index contributed by atoms with van der Waals surface area (Å²) in [6.07, 6.45) is 0.657. The van der Waals surface area contributed by atoms with Gasteiger partial charge in [0, 0.05) is 5.56 Å². The van der Waals surface area contributed by atoms with Crippen molar-refractivity contribution in [3.63, 3.8) is 0 Å². The Morgan fingerprint density at radius 2 is 1.32 bits per heavy atom. The fraction of sp³-hybridized carbons (Fsp3) is 0.0968. The number of rotatable bonds is 7. The van der Waals surface area contributed by atoms with E-state index >= 15 is 0 Å². The molecule has 1 heterocycles. The molecule has 1 aliphatic rings. The number of anilines is 1. The molecule has 5 rings (SSSR count). The van der Waals surface area contributed by atoms with Crippen LogP contribution in [0.5, 0.6) is 0 Å². The largest absolute Gasteiger partial charge is 0.454 e. The van der Waals surface area contributed by atoms with Crippen LogP contribution in [0.15, 0.2) is 97.1 Å². The molecule has 4 aromatic carbocycles. The van der Waals surface area contributed by atoms with Gasteiger partial charge in [0.25, 0.3) is 11.8 Å². The number of carbonyl (C=O) groups is 4. The molecule has 182 valence electrons. The Hall–Kier alpha value is -4.84. The molecular weight excluding hydrogens is 466 g/mol. The number of imide groups is 1. The third kappa shape index (κ3) is 4.57. The van der Waals surface area contributed by atoms with Gasteiger partial charge >= 0.3 is 5.97 Å². The van der Waals surface area contributed by atoms with Crippen LogP contribution in [0.4, 0.5) is 5.69 Å². The minimum atomic E-state index is -0.746. The number of hydrogen-bond donors (Lipinski definition) is 0. The van der Waals surface area contributed by atoms with E-state index in [1.54, 1.807) is 24.3 Å². The topological polar surface area (TPSA) is 80.8 Å². The van der Waals surface area contributed by atoms with E-state index in [9.17, 15) is 19.2 Å². The number of hydrogen-bond acceptors (Lipinski definition) is 5. The minimum Gasteiger partial charge on any atom is -0.454 e. The van der Waals surface area contributed by atoms with E-state index in [1.165, 1.54) is 18.2 Å². The summed E-state index contributed by atoms with van der Waals surface area (Å²) in [6.45, 7) is 1.51. The van der Waals surface area contributed by atoms with Crippen LogP contribution in [0.1, 0.15) is 53.9 Å². The minimum absolute atomic E-state index is 0.0951. The molecule has 0 fully saturated rings. The van der Waals surface area contributed by atoms with E-state index in [0.29, 0.717) is 17.7 Å². The standard InChI is InChI=1S/C31H23NO5/c1-2-20-8-6-7-11-27(20)32-29(34)25-17-16-24(18-26(25)30(32)35)31(36)37-19-28(33)23-14-12-22(13-15-23)21-9-4-3-5-10-21/h3-18H,2,19H2,1H3. The number of nitrogens with zero attached hydrogens (tertiary/aromatic N) is 1. The number of aryl methyl sites for hydroxylation is 1. The molecule has 0 bridgehead atoms. The Morgan fingerprint density at radius 1 is 0.703 bits per heavy atom. The number of benzene rings is 4. The van der Waals surface area contributed by atoms with E-state index in [-0.39, 0.29) is 22.5 Å². The summed E-state index contributed by atoms with van der Waals surface area (Å²) >= 11 is 0. The van der Waals surface area contributed by atoms with Crippen LogP contribution in [-0.2, 0) is 11.2 Å². The van der Waals surface area contributed by atoms with Crippen molar-refractivity contribution in [1.29, 1.82) is 0 Å². The fourth-order valence-corrected chi connectivity index (χ4v) is 4.39. The molecule has 37 heavy (non-hydrogen) atoms. The highest BCUT2D eigenvalue weighted by atomic mass is 16.5. The second kappa shape index (κ2) is 10.0. The number of amides is 2. The monoisotopic (exact) mass is 489 g/mol. The average molecular weight is 490 g/mol. The van der Waals surface area contributed by atoms with Gasteiger partial charge < -0.3 is 4.74 Å². The zero-order valence-electron chi connectivity index (χ0n) is 20.1. The molecule has 0 N–H and O–H groups in total. The number of ether oxygens (including phenoxy) is 1. The molecule has 0 radical (unpaired) electrons. The third-order valence-corrected chi connectivity index (χ3v) is 6.38. The number of para-hydroxylation sites is 1. The van der Waals surface area contributed by atoms with Crippen LogP contribution < -0.4 is 4.90 Å². The Morgan fingerprint density at radius 3 is 2.05 bits per heavy atom. The van der Waals surface area contributed by atoms with Gasteiger partial charge in [0.1, 0.15) is 0 Å². The lowest BCUT2D eigenvalue weighted by Crippen LogP contribution is -2.30. The first kappa shape index (κ1) is 23.9. The summed E-state index contributed by atoms with van der Waals surface area (Å²) in [4.78, 5) is 52.5. The van der Waals surface area contributed by atoms with Crippen molar-refractivity contribution >= 4 is 29.3 Å². The molecule has 6 nitrogen and oxygen atoms in total. The first-order valence-electron chi connectivity index (χ1n) is 11.9. The number of ketones is 1. The summed E-state index contributed by atoms with van der Waals surface area (Å²) in [6, 6.07) is 28.3. The second-order valence-corrected chi connectivity index (χ2v) is 8.63. The highest BCUT2D eigenvalue weighted by molar-refractivity contribution is 6.35. The van der Waals surface area contributed by atoms with Crippen LogP contribution in [0.25, 0.3) is 11.1 Å². The number of carbonyl (C=O) groups excluding carboxylic acids is 4. The van der Waals surface area contributed by atoms with Crippen molar-refractivity contribution in [3.05, 3.63) is 125 Å². The maximum Gasteiger partial charge on any atom is 0.338 e. The summed E-state index contributed by atoms with van der Waals surface area (Å²) in [5.74, 6) is -2.02. The van der Waals surface area contributed by atoms with E-state index in [2.05, 4.69) is 0 Å². The van der Waals surface area contributed by atoms with Crippen LogP contribution >= 0.6 is 0 Å². The lowest BCUT2D eigenvalue weighted by molar-refractivity contribution is 0.0474. The third-order valence-electron chi connectivity index (χ3n) is 6.38. The van der Waals surface area contributed by atoms with Crippen molar-refractivity contribution in [1.82, 2.24) is 0 Å². The van der Waals surface area contributed by atoms with E-state index in [0.717, 1.165) is 21.6 Å². The van der Waals surface area contributed by atoms with Crippen LogP contribution in [-0.4, -0.2) is 30.2 Å². The predicted molar refractivity (Wildman–Crippen MR) is 140 cm³/mol. The average Bonchev–Trinajstić information content (AvgIpc) is 3.20. The quantitative estimate of drug-likeness (QED) is 0.187. The maximum absolute atomic E-state index is 13.1. The molecule has 0 atom stereocenters. The zero-order valence-corrected chi connectivity index (χ0v) is 20.1. The smallest absolute Gasteiger partial charge is 0.338 e. The number of esters is 1. The van der Waals surface area contributed by atoms with Gasteiger partial charge in [-0.3, -0.25) is 14.4 Å². The van der Waals surface area contributed by atoms with Crippen molar-refractivity contribution in [2.45, 2.75) is 13.3 Å². The highest BCUT2D eigenvalue weighted by Gasteiger charge is 2.38. The van der Waals surface area contributed by atoms with E-state index in [4.69, 9.17) is 4.74 Å². The molecule has 0 saturated heterocycles. The first-order chi connectivity index (χ1) is 18.0. The van der Waals surface area contributed by atoms with Crippen LogP contribution in [0.3, 0.4) is 0 Å². The zero-order chi connectivity index (χ0) is 25.9. The van der Waals surface area contributed by atoms with Crippen molar-refractivity contribution in [3.8, 4) is 11.1 Å². The SMILES string of the molecule is CCc1ccccc1N1C(=O)c2ccc(C(=O)OCC(=O)c3ccc(-c4ccccc4)cc3)cc2C1=O. The van der Waals surface area contributed by atoms with Gasteiger partial charge in [-0.25, -0.2) is 9.69 Å². The molecule has 1 aliphatic heterocycles. The van der Waals surface area contributed by atoms with Crippen LogP contribution in [0.2, 0.25) is 0 Å². The number of Topliss-reactive ketones (excluding diaryl/α,β-unsaturated/α-hetero) is 1. The maximum atomic E-state index is 13.1. The highest BCUT2D eigenvalue weighted by Crippen LogP contribution is 2.31. The van der Waals surface area contributed by atoms with Gasteiger partial charge in [-0.2, -0.15) is 0 Å². The van der Waals surface area contributed by atoms with Gasteiger partial charge in [0.2, 0.25) is 0 Å². The Labute approximate surface area is 214 Å². The van der Waals surface area contributed by atoms with Gasteiger partial charge in [-0.05, 0) is 47.4 Å². The fourth-order valence-electron chi connectivity index (χ4n) is 4.39. The normalized spacial score (nSPS) is 12.4. The summed E-state index contributed by atoms with van der Waals surface area (Å²) in [7, 11) is 0. The first-order valence-corrected chi connectivity index (χ1v) is 11.9. The number of fused-ring (bicyclic) bond motifs is 1. The lowest BCUT2D eigenvalue weighted by Gasteiger charge is -2.17. The van der Waals surface area contributed by atoms with Gasteiger partial charge in [-0.1, -0.05) is 79.7 Å². The van der Waals surface area contributed by atoms with Crippen LogP contribution in [0, 0.1) is 0 Å². The van der Waals surface area contributed by atoms with Crippen molar-refractivity contribution in [2.75, 3.05) is 11.5 Å². The van der Waals surface area contributed by atoms with Gasteiger partial charge in [0.15, 0.2) is 12.4 Å². The van der Waals surface area contributed by atoms with Crippen molar-refractivity contribution < 1.29 is 23.9 Å². The van der Waals surface area contributed by atoms with Gasteiger partial charge in [-0.15, -0.1) is 0 Å². The summed E-state index contributed by atoms with van der Waals surface area (Å²) in [5, 5.41) is 0. The molecule has 2 amide bonds. The molecule has 0 aliphatic carbocycles. The Bertz CT molecular complexity index is 1520. The van der Waals surface area contributed by atoms with Gasteiger partial charge in [0.05, 0.1) is 22.4 Å². The van der Waals surface area contributed by atoms with E-state index < -0.39 is 24.4 Å². The molecule has 4 aromatic rings. The molecule has 0 saturated carbocycles. The Balaban J connectivity index is 1.28. The predicted octanol–water partition coefficient (Wildman–Crippen LogP) is 5.76. The molecule has 0 spiro atoms.